The van der Waals surface area contributed by atoms with Gasteiger partial charge in [0.05, 0.1) is 23.7 Å². The molecule has 1 radical (unpaired) electrons. The lowest BCUT2D eigenvalue weighted by Crippen LogP contribution is -2.00. The first-order valence-electron chi connectivity index (χ1n) is 4.15. The van der Waals surface area contributed by atoms with E-state index < -0.39 is 0 Å². The van der Waals surface area contributed by atoms with Crippen molar-refractivity contribution in [3.05, 3.63) is 30.1 Å². The van der Waals surface area contributed by atoms with Crippen LogP contribution < -0.4 is 0 Å². The molecule has 0 unspecified atom stereocenters. The molecule has 2 rings (SSSR count). The number of hydrogen-bond acceptors (Lipinski definition) is 3. The van der Waals surface area contributed by atoms with E-state index in [1.807, 2.05) is 7.05 Å². The number of rotatable bonds is 1. The molecular formula is C10H9N2O2. The van der Waals surface area contributed by atoms with Crippen molar-refractivity contribution >= 4 is 17.0 Å². The van der Waals surface area contributed by atoms with Gasteiger partial charge in [-0.15, -0.1) is 0 Å². The third-order valence-electron chi connectivity index (χ3n) is 2.08. The molecule has 0 spiro atoms. The summed E-state index contributed by atoms with van der Waals surface area (Å²) in [6, 6.07) is 5.21. The molecule has 0 saturated carbocycles. The van der Waals surface area contributed by atoms with E-state index in [9.17, 15) is 4.79 Å². The number of methoxy groups -OCH3 is 1. The van der Waals surface area contributed by atoms with Gasteiger partial charge >= 0.3 is 5.97 Å². The van der Waals surface area contributed by atoms with Crippen molar-refractivity contribution in [3.63, 3.8) is 0 Å². The average molecular weight is 189 g/mol. The second kappa shape index (κ2) is 3.14. The highest BCUT2D eigenvalue weighted by atomic mass is 16.5. The molecule has 0 aliphatic carbocycles. The molecule has 0 fully saturated rings. The van der Waals surface area contributed by atoms with Crippen LogP contribution in [0.15, 0.2) is 18.2 Å². The zero-order chi connectivity index (χ0) is 10.1. The Morgan fingerprint density at radius 2 is 2.36 bits per heavy atom. The molecule has 0 aliphatic heterocycles. The van der Waals surface area contributed by atoms with E-state index in [1.165, 1.54) is 7.11 Å². The minimum atomic E-state index is -0.340. The van der Waals surface area contributed by atoms with Crippen LogP contribution in [0.5, 0.6) is 0 Å². The zero-order valence-corrected chi connectivity index (χ0v) is 7.94. The van der Waals surface area contributed by atoms with Crippen LogP contribution in [0, 0.1) is 6.33 Å². The maximum atomic E-state index is 11.2. The van der Waals surface area contributed by atoms with Crippen molar-refractivity contribution in [3.8, 4) is 0 Å². The second-order valence-corrected chi connectivity index (χ2v) is 2.97. The number of imidazole rings is 1. The molecule has 4 nitrogen and oxygen atoms in total. The van der Waals surface area contributed by atoms with Crippen LogP contribution in [0.4, 0.5) is 0 Å². The highest BCUT2D eigenvalue weighted by Crippen LogP contribution is 2.13. The quantitative estimate of drug-likeness (QED) is 0.632. The molecule has 1 heterocycles. The van der Waals surface area contributed by atoms with Crippen molar-refractivity contribution in [2.24, 2.45) is 7.05 Å². The lowest BCUT2D eigenvalue weighted by Gasteiger charge is -1.99. The molecule has 0 aliphatic rings. The molecule has 0 bridgehead atoms. The van der Waals surface area contributed by atoms with Crippen LogP contribution in [0.1, 0.15) is 10.4 Å². The molecule has 0 N–H and O–H groups in total. The number of carbonyl (C=O) groups is 1. The van der Waals surface area contributed by atoms with E-state index in [-0.39, 0.29) is 5.97 Å². The second-order valence-electron chi connectivity index (χ2n) is 2.97. The fourth-order valence-electron chi connectivity index (χ4n) is 1.31. The van der Waals surface area contributed by atoms with Crippen molar-refractivity contribution in [2.75, 3.05) is 7.11 Å². The molecule has 1 aromatic heterocycles. The Hall–Kier alpha value is -1.84. The van der Waals surface area contributed by atoms with E-state index in [0.717, 1.165) is 11.0 Å². The van der Waals surface area contributed by atoms with Crippen LogP contribution in [0.3, 0.4) is 0 Å². The number of fused-ring (bicyclic) bond motifs is 1. The summed E-state index contributed by atoms with van der Waals surface area (Å²) in [6.07, 6.45) is 2.78. The van der Waals surface area contributed by atoms with Crippen molar-refractivity contribution in [1.82, 2.24) is 9.55 Å². The van der Waals surface area contributed by atoms with Crippen molar-refractivity contribution in [2.45, 2.75) is 0 Å². The number of aryl methyl sites for hydroxylation is 1. The summed E-state index contributed by atoms with van der Waals surface area (Å²) in [5.74, 6) is -0.340. The first kappa shape index (κ1) is 8.74. The Morgan fingerprint density at radius 3 is 3.07 bits per heavy atom. The zero-order valence-electron chi connectivity index (χ0n) is 7.94. The third-order valence-corrected chi connectivity index (χ3v) is 2.08. The van der Waals surface area contributed by atoms with E-state index in [1.54, 1.807) is 22.8 Å². The summed E-state index contributed by atoms with van der Waals surface area (Å²) in [5, 5.41) is 0. The standard InChI is InChI=1S/C10H9N2O2/c1-12-6-11-8-4-3-7(5-9(8)12)10(13)14-2/h3-5H,1-2H3. The van der Waals surface area contributed by atoms with E-state index in [0.29, 0.717) is 5.56 Å². The Bertz CT molecular complexity index is 488. The van der Waals surface area contributed by atoms with E-state index in [2.05, 4.69) is 16.0 Å². The van der Waals surface area contributed by atoms with Gasteiger partial charge in [0, 0.05) is 7.05 Å². The maximum Gasteiger partial charge on any atom is 0.337 e. The van der Waals surface area contributed by atoms with Gasteiger partial charge in [-0.2, -0.15) is 0 Å². The SMILES string of the molecule is COC(=O)c1ccc2n[c]n(C)c2c1. The van der Waals surface area contributed by atoms with Crippen LogP contribution in [0.2, 0.25) is 0 Å². The number of esters is 1. The predicted octanol–water partition coefficient (Wildman–Crippen LogP) is 1.16. The summed E-state index contributed by atoms with van der Waals surface area (Å²) >= 11 is 0. The molecule has 14 heavy (non-hydrogen) atoms. The Labute approximate surface area is 81.1 Å². The molecule has 2 aromatic rings. The van der Waals surface area contributed by atoms with Crippen LogP contribution >= 0.6 is 0 Å². The van der Waals surface area contributed by atoms with Gasteiger partial charge in [0.2, 0.25) is 0 Å². The topological polar surface area (TPSA) is 44.1 Å². The predicted molar refractivity (Wildman–Crippen MR) is 50.9 cm³/mol. The number of benzene rings is 1. The largest absolute Gasteiger partial charge is 0.465 e. The van der Waals surface area contributed by atoms with E-state index in [4.69, 9.17) is 0 Å². The molecule has 71 valence electrons. The van der Waals surface area contributed by atoms with Crippen LogP contribution in [0.25, 0.3) is 11.0 Å². The Kier molecular flexibility index (Phi) is 1.96. The minimum Gasteiger partial charge on any atom is -0.465 e. The van der Waals surface area contributed by atoms with Crippen molar-refractivity contribution < 1.29 is 9.53 Å². The van der Waals surface area contributed by atoms with Crippen LogP contribution in [-0.4, -0.2) is 22.6 Å². The monoisotopic (exact) mass is 189 g/mol. The molecule has 0 atom stereocenters. The summed E-state index contributed by atoms with van der Waals surface area (Å²) in [6.45, 7) is 0. The first-order chi connectivity index (χ1) is 6.72. The normalized spacial score (nSPS) is 10.4. The van der Waals surface area contributed by atoms with Gasteiger partial charge in [-0.3, -0.25) is 0 Å². The summed E-state index contributed by atoms with van der Waals surface area (Å²) in [4.78, 5) is 15.3. The van der Waals surface area contributed by atoms with Gasteiger partial charge in [-0.25, -0.2) is 9.78 Å². The molecule has 0 saturated heterocycles. The number of aromatic nitrogens is 2. The van der Waals surface area contributed by atoms with Gasteiger partial charge < -0.3 is 9.30 Å². The van der Waals surface area contributed by atoms with Gasteiger partial charge in [0.25, 0.3) is 0 Å². The molecule has 0 amide bonds. The summed E-state index contributed by atoms with van der Waals surface area (Å²) in [5.41, 5.74) is 2.21. The highest BCUT2D eigenvalue weighted by Gasteiger charge is 2.07. The van der Waals surface area contributed by atoms with Crippen LogP contribution in [-0.2, 0) is 11.8 Å². The lowest BCUT2D eigenvalue weighted by molar-refractivity contribution is 0.0601. The lowest BCUT2D eigenvalue weighted by atomic mass is 10.2. The van der Waals surface area contributed by atoms with E-state index >= 15 is 0 Å². The number of carbonyl (C=O) groups excluding carboxylic acids is 1. The smallest absolute Gasteiger partial charge is 0.337 e. The fourth-order valence-corrected chi connectivity index (χ4v) is 1.31. The number of hydrogen-bond donors (Lipinski definition) is 0. The van der Waals surface area contributed by atoms with Crippen molar-refractivity contribution in [1.29, 1.82) is 0 Å². The molecular weight excluding hydrogens is 180 g/mol. The summed E-state index contributed by atoms with van der Waals surface area (Å²) < 4.78 is 6.36. The first-order valence-corrected chi connectivity index (χ1v) is 4.15. The van der Waals surface area contributed by atoms with Gasteiger partial charge in [0.1, 0.15) is 0 Å². The number of ether oxygens (including phenoxy) is 1. The highest BCUT2D eigenvalue weighted by molar-refractivity contribution is 5.93. The Balaban J connectivity index is 2.60. The molecule has 4 heteroatoms. The summed E-state index contributed by atoms with van der Waals surface area (Å²) in [7, 11) is 3.19. The van der Waals surface area contributed by atoms with Gasteiger partial charge in [0.15, 0.2) is 6.33 Å². The maximum absolute atomic E-state index is 11.2. The minimum absolute atomic E-state index is 0.340. The number of nitrogens with zero attached hydrogens (tertiary/aromatic N) is 2. The fraction of sp³-hybridized carbons (Fsp3) is 0.200. The molecule has 1 aromatic carbocycles. The third kappa shape index (κ3) is 1.25. The van der Waals surface area contributed by atoms with Gasteiger partial charge in [-0.05, 0) is 18.2 Å². The van der Waals surface area contributed by atoms with Gasteiger partial charge in [-0.1, -0.05) is 0 Å². The Morgan fingerprint density at radius 1 is 1.57 bits per heavy atom. The average Bonchev–Trinajstić information content (AvgIpc) is 2.59.